The second-order valence-electron chi connectivity index (χ2n) is 11.6. The average molecular weight is 519 g/mol. The summed E-state index contributed by atoms with van der Waals surface area (Å²) >= 11 is 0. The molecule has 4 fully saturated rings. The van der Waals surface area contributed by atoms with E-state index in [9.17, 15) is 18.0 Å². The van der Waals surface area contributed by atoms with Gasteiger partial charge >= 0.3 is 6.18 Å². The highest BCUT2D eigenvalue weighted by molar-refractivity contribution is 5.93. The zero-order valence-corrected chi connectivity index (χ0v) is 21.1. The topological polar surface area (TPSA) is 77.4 Å². The average Bonchev–Trinajstić information content (AvgIpc) is 3.29. The van der Waals surface area contributed by atoms with Crippen molar-refractivity contribution >= 4 is 11.7 Å². The Bertz CT molecular complexity index is 1160. The molecule has 0 saturated heterocycles. The molecule has 1 aliphatic heterocycles. The molecule has 4 saturated carbocycles. The van der Waals surface area contributed by atoms with Crippen molar-refractivity contribution in [2.75, 3.05) is 26.1 Å². The van der Waals surface area contributed by atoms with Crippen molar-refractivity contribution in [2.45, 2.75) is 63.2 Å². The molecule has 2 heterocycles. The van der Waals surface area contributed by atoms with E-state index in [0.29, 0.717) is 23.6 Å². The van der Waals surface area contributed by atoms with Gasteiger partial charge in [-0.3, -0.25) is 4.79 Å². The first-order valence-corrected chi connectivity index (χ1v) is 13.1. The molecular weight excluding hydrogens is 485 g/mol. The van der Waals surface area contributed by atoms with E-state index in [1.807, 2.05) is 0 Å². The van der Waals surface area contributed by atoms with Crippen molar-refractivity contribution in [3.8, 4) is 11.5 Å². The molecule has 1 aromatic heterocycles. The second kappa shape index (κ2) is 8.84. The van der Waals surface area contributed by atoms with Gasteiger partial charge in [0.25, 0.3) is 5.91 Å². The van der Waals surface area contributed by atoms with Crippen LogP contribution in [-0.4, -0.2) is 42.6 Å². The van der Waals surface area contributed by atoms with Crippen molar-refractivity contribution in [2.24, 2.45) is 23.2 Å². The number of fused-ring (bicyclic) bond motifs is 1. The van der Waals surface area contributed by atoms with Crippen LogP contribution in [0.15, 0.2) is 24.3 Å². The largest absolute Gasteiger partial charge is 0.493 e. The Morgan fingerprint density at radius 2 is 1.70 bits per heavy atom. The molecule has 0 unspecified atom stereocenters. The first-order valence-electron chi connectivity index (χ1n) is 13.1. The number of hydrogen-bond donors (Lipinski definition) is 2. The number of ether oxygens (including phenoxy) is 2. The summed E-state index contributed by atoms with van der Waals surface area (Å²) in [5, 5.41) is 10.3. The van der Waals surface area contributed by atoms with Gasteiger partial charge in [-0.15, -0.1) is 0 Å². The lowest BCUT2D eigenvalue weighted by Crippen LogP contribution is -2.51. The number of aromatic nitrogens is 2. The van der Waals surface area contributed by atoms with Crippen LogP contribution in [0.3, 0.4) is 0 Å². The Labute approximate surface area is 214 Å². The Balaban J connectivity index is 1.22. The number of nitrogens with zero attached hydrogens (tertiary/aromatic N) is 2. The van der Waals surface area contributed by atoms with Crippen molar-refractivity contribution < 1.29 is 27.4 Å². The lowest BCUT2D eigenvalue weighted by atomic mass is 9.49. The van der Waals surface area contributed by atoms with Crippen LogP contribution in [0.4, 0.5) is 19.0 Å². The zero-order valence-electron chi connectivity index (χ0n) is 21.1. The smallest absolute Gasteiger partial charge is 0.410 e. The fraction of sp³-hybridized carbons (Fsp3) is 0.630. The van der Waals surface area contributed by atoms with Crippen molar-refractivity contribution in [3.05, 3.63) is 35.5 Å². The van der Waals surface area contributed by atoms with E-state index in [2.05, 4.69) is 15.7 Å². The van der Waals surface area contributed by atoms with Crippen LogP contribution in [-0.2, 0) is 0 Å². The molecule has 200 valence electrons. The predicted molar refractivity (Wildman–Crippen MR) is 131 cm³/mol. The minimum atomic E-state index is -4.52. The molecule has 4 aliphatic carbocycles. The number of carbonyl (C=O) groups excluding carboxylic acids is 1. The van der Waals surface area contributed by atoms with E-state index >= 15 is 0 Å². The van der Waals surface area contributed by atoms with Crippen molar-refractivity contribution in [3.63, 3.8) is 0 Å². The molecule has 1 aromatic carbocycles. The lowest BCUT2D eigenvalue weighted by Gasteiger charge is -2.56. The number of methoxy groups -OCH3 is 2. The maximum absolute atomic E-state index is 14.1. The Hall–Kier alpha value is -2.91. The summed E-state index contributed by atoms with van der Waals surface area (Å²) in [5.74, 6) is 2.97. The van der Waals surface area contributed by atoms with Crippen LogP contribution in [0.5, 0.6) is 11.5 Å². The van der Waals surface area contributed by atoms with Crippen LogP contribution in [0.25, 0.3) is 0 Å². The van der Waals surface area contributed by atoms with Gasteiger partial charge in [0, 0.05) is 19.0 Å². The van der Waals surface area contributed by atoms with Gasteiger partial charge in [0.05, 0.1) is 20.3 Å². The SMILES string of the molecule is COc1ccc([C@@H]2C[C@H](C(F)(F)F)n3nc(C(=O)NCC45CC6CC(CC(C6)C4)C5)cc3N2)cc1OC. The van der Waals surface area contributed by atoms with Gasteiger partial charge in [-0.05, 0) is 79.4 Å². The monoisotopic (exact) mass is 518 g/mol. The standard InChI is InChI=1S/C27H33F3N4O3/c1-36-21-4-3-18(8-22(21)37-2)19-9-23(27(28,29)30)34-24(32-19)10-20(33-34)25(35)31-14-26-11-15-5-16(12-26)7-17(6-15)13-26/h3-4,8,10,15-17,19,23,32H,5-7,9,11-14H2,1-2H3,(H,31,35)/t15?,16?,17?,19-,23+,26?/m0/s1. The number of benzene rings is 1. The van der Waals surface area contributed by atoms with Crippen molar-refractivity contribution in [1.29, 1.82) is 0 Å². The van der Waals surface area contributed by atoms with Gasteiger partial charge in [-0.25, -0.2) is 4.68 Å². The molecule has 37 heavy (non-hydrogen) atoms. The summed E-state index contributed by atoms with van der Waals surface area (Å²) in [5.41, 5.74) is 0.774. The van der Waals surface area contributed by atoms with Gasteiger partial charge in [-0.1, -0.05) is 6.07 Å². The van der Waals surface area contributed by atoms with Gasteiger partial charge in [0.1, 0.15) is 5.82 Å². The molecule has 7 nitrogen and oxygen atoms in total. The summed E-state index contributed by atoms with van der Waals surface area (Å²) in [4.78, 5) is 13.1. The molecule has 0 radical (unpaired) electrons. The van der Waals surface area contributed by atoms with Gasteiger partial charge < -0.3 is 20.1 Å². The van der Waals surface area contributed by atoms with Crippen LogP contribution in [0, 0.1) is 23.2 Å². The summed E-state index contributed by atoms with van der Waals surface area (Å²) in [7, 11) is 2.99. The fourth-order valence-electron chi connectivity index (χ4n) is 7.84. The van der Waals surface area contributed by atoms with E-state index in [-0.39, 0.29) is 23.3 Å². The summed E-state index contributed by atoms with van der Waals surface area (Å²) in [6, 6.07) is 4.01. The molecule has 1 amide bonds. The van der Waals surface area contributed by atoms with E-state index in [1.54, 1.807) is 18.2 Å². The third kappa shape index (κ3) is 4.42. The predicted octanol–water partition coefficient (Wildman–Crippen LogP) is 5.51. The molecular formula is C27H33F3N4O3. The molecule has 2 aromatic rings. The van der Waals surface area contributed by atoms with Crippen LogP contribution in [0.2, 0.25) is 0 Å². The maximum atomic E-state index is 14.1. The van der Waals surface area contributed by atoms with E-state index in [0.717, 1.165) is 41.7 Å². The van der Waals surface area contributed by atoms with Crippen LogP contribution < -0.4 is 20.1 Å². The van der Waals surface area contributed by atoms with Crippen molar-refractivity contribution in [1.82, 2.24) is 15.1 Å². The van der Waals surface area contributed by atoms with E-state index in [1.165, 1.54) is 39.5 Å². The molecule has 0 spiro atoms. The number of anilines is 1. The molecule has 10 heteroatoms. The summed E-state index contributed by atoms with van der Waals surface area (Å²) in [6.07, 6.45) is 2.58. The van der Waals surface area contributed by atoms with Crippen LogP contribution in [0.1, 0.15) is 73.1 Å². The Morgan fingerprint density at radius 3 is 2.30 bits per heavy atom. The summed E-state index contributed by atoms with van der Waals surface area (Å²) in [6.45, 7) is 0.571. The number of hydrogen-bond acceptors (Lipinski definition) is 5. The van der Waals surface area contributed by atoms with Gasteiger partial charge in [-0.2, -0.15) is 18.3 Å². The maximum Gasteiger partial charge on any atom is 0.410 e. The number of halogens is 3. The quantitative estimate of drug-likeness (QED) is 0.528. The zero-order chi connectivity index (χ0) is 25.9. The number of carbonyl (C=O) groups is 1. The third-order valence-corrected chi connectivity index (χ3v) is 9.02. The minimum absolute atomic E-state index is 0.00874. The number of amides is 1. The van der Waals surface area contributed by atoms with Gasteiger partial charge in [0.2, 0.25) is 0 Å². The second-order valence-corrected chi connectivity index (χ2v) is 11.6. The molecule has 5 aliphatic rings. The molecule has 4 bridgehead atoms. The molecule has 2 atom stereocenters. The number of rotatable bonds is 6. The van der Waals surface area contributed by atoms with Gasteiger partial charge in [0.15, 0.2) is 23.2 Å². The first kappa shape index (κ1) is 24.4. The van der Waals surface area contributed by atoms with E-state index in [4.69, 9.17) is 9.47 Å². The minimum Gasteiger partial charge on any atom is -0.493 e. The summed E-state index contributed by atoms with van der Waals surface area (Å²) < 4.78 is 53.9. The fourth-order valence-corrected chi connectivity index (χ4v) is 7.84. The highest BCUT2D eigenvalue weighted by atomic mass is 19.4. The molecule has 2 N–H and O–H groups in total. The molecule has 7 rings (SSSR count). The van der Waals surface area contributed by atoms with E-state index < -0.39 is 24.2 Å². The third-order valence-electron chi connectivity index (χ3n) is 9.02. The number of alkyl halides is 3. The Morgan fingerprint density at radius 1 is 1.05 bits per heavy atom. The van der Waals surface area contributed by atoms with Crippen LogP contribution >= 0.6 is 0 Å². The first-order chi connectivity index (χ1) is 17.7. The highest BCUT2D eigenvalue weighted by Crippen LogP contribution is 2.59. The lowest BCUT2D eigenvalue weighted by molar-refractivity contribution is -0.173. The Kier molecular flexibility index (Phi) is 5.84. The highest BCUT2D eigenvalue weighted by Gasteiger charge is 2.51. The number of nitrogens with one attached hydrogen (secondary N) is 2. The normalized spacial score (nSPS) is 32.0.